The molecule has 0 aliphatic heterocycles. The van der Waals surface area contributed by atoms with Crippen molar-refractivity contribution in [2.45, 2.75) is 26.7 Å². The standard InChI is InChI=1S/C14H18ClN3/c1-4-5-12-17-13(14(16)18(12)3)10-7-6-9(2)11(15)8-10/h6-8H,4-5,16H2,1-3H3. The molecule has 2 rings (SSSR count). The summed E-state index contributed by atoms with van der Waals surface area (Å²) in [4.78, 5) is 4.62. The first-order valence-electron chi connectivity index (χ1n) is 6.12. The van der Waals surface area contributed by atoms with E-state index in [4.69, 9.17) is 17.3 Å². The van der Waals surface area contributed by atoms with Gasteiger partial charge in [0.25, 0.3) is 0 Å². The number of halogens is 1. The molecule has 0 aliphatic carbocycles. The Morgan fingerprint density at radius 3 is 2.72 bits per heavy atom. The molecule has 0 fully saturated rings. The summed E-state index contributed by atoms with van der Waals surface area (Å²) in [6.07, 6.45) is 1.98. The molecular weight excluding hydrogens is 246 g/mol. The van der Waals surface area contributed by atoms with Crippen LogP contribution in [-0.2, 0) is 13.5 Å². The molecular formula is C14H18ClN3. The van der Waals surface area contributed by atoms with E-state index in [2.05, 4.69) is 11.9 Å². The molecule has 1 aromatic heterocycles. The lowest BCUT2D eigenvalue weighted by molar-refractivity contribution is 0.764. The van der Waals surface area contributed by atoms with Crippen molar-refractivity contribution in [3.8, 4) is 11.3 Å². The van der Waals surface area contributed by atoms with Gasteiger partial charge in [-0.2, -0.15) is 0 Å². The maximum Gasteiger partial charge on any atom is 0.131 e. The molecule has 2 N–H and O–H groups in total. The molecule has 1 heterocycles. The van der Waals surface area contributed by atoms with Crippen LogP contribution >= 0.6 is 11.6 Å². The number of nitrogen functional groups attached to an aromatic ring is 1. The van der Waals surface area contributed by atoms with Crippen LogP contribution in [0, 0.1) is 6.92 Å². The van der Waals surface area contributed by atoms with Gasteiger partial charge in [-0.05, 0) is 25.0 Å². The predicted octanol–water partition coefficient (Wildman–Crippen LogP) is 3.58. The van der Waals surface area contributed by atoms with Crippen LogP contribution in [0.4, 0.5) is 5.82 Å². The first kappa shape index (κ1) is 13.0. The molecule has 0 unspecified atom stereocenters. The van der Waals surface area contributed by atoms with Crippen LogP contribution in [0.25, 0.3) is 11.3 Å². The van der Waals surface area contributed by atoms with Crippen LogP contribution in [0.5, 0.6) is 0 Å². The van der Waals surface area contributed by atoms with Crippen molar-refractivity contribution in [2.24, 2.45) is 7.05 Å². The number of aryl methyl sites for hydroxylation is 2. The summed E-state index contributed by atoms with van der Waals surface area (Å²) in [6, 6.07) is 5.92. The maximum atomic E-state index is 6.15. The Morgan fingerprint density at radius 2 is 2.11 bits per heavy atom. The summed E-state index contributed by atoms with van der Waals surface area (Å²) < 4.78 is 1.95. The lowest BCUT2D eigenvalue weighted by atomic mass is 10.1. The maximum absolute atomic E-state index is 6.15. The summed E-state index contributed by atoms with van der Waals surface area (Å²) in [6.45, 7) is 4.11. The van der Waals surface area contributed by atoms with Gasteiger partial charge in [0, 0.05) is 24.1 Å². The second-order valence-corrected chi connectivity index (χ2v) is 4.94. The van der Waals surface area contributed by atoms with E-state index in [0.29, 0.717) is 5.82 Å². The third kappa shape index (κ3) is 2.23. The molecule has 18 heavy (non-hydrogen) atoms. The highest BCUT2D eigenvalue weighted by Gasteiger charge is 2.13. The number of imidazole rings is 1. The minimum atomic E-state index is 0.693. The monoisotopic (exact) mass is 263 g/mol. The number of benzene rings is 1. The molecule has 0 saturated heterocycles. The number of anilines is 1. The Bertz CT molecular complexity index is 573. The zero-order valence-corrected chi connectivity index (χ0v) is 11.8. The number of aromatic nitrogens is 2. The Hall–Kier alpha value is -1.48. The summed E-state index contributed by atoms with van der Waals surface area (Å²) in [5.74, 6) is 1.71. The predicted molar refractivity (Wildman–Crippen MR) is 76.8 cm³/mol. The number of nitrogens with two attached hydrogens (primary N) is 1. The Balaban J connectivity index is 2.50. The highest BCUT2D eigenvalue weighted by molar-refractivity contribution is 6.31. The van der Waals surface area contributed by atoms with Crippen molar-refractivity contribution in [3.63, 3.8) is 0 Å². The lowest BCUT2D eigenvalue weighted by Gasteiger charge is -2.03. The minimum Gasteiger partial charge on any atom is -0.383 e. The second kappa shape index (κ2) is 5.02. The molecule has 1 aromatic carbocycles. The molecule has 96 valence electrons. The van der Waals surface area contributed by atoms with Crippen LogP contribution < -0.4 is 5.73 Å². The van der Waals surface area contributed by atoms with Crippen molar-refractivity contribution in [1.29, 1.82) is 0 Å². The van der Waals surface area contributed by atoms with Crippen LogP contribution in [0.3, 0.4) is 0 Å². The molecule has 0 bridgehead atoms. The quantitative estimate of drug-likeness (QED) is 0.920. The summed E-state index contributed by atoms with van der Waals surface area (Å²) in [5, 5.41) is 0.745. The average molecular weight is 264 g/mol. The highest BCUT2D eigenvalue weighted by Crippen LogP contribution is 2.29. The summed E-state index contributed by atoms with van der Waals surface area (Å²) in [7, 11) is 1.95. The van der Waals surface area contributed by atoms with Crippen molar-refractivity contribution in [1.82, 2.24) is 9.55 Å². The van der Waals surface area contributed by atoms with Gasteiger partial charge in [-0.3, -0.25) is 0 Å². The first-order valence-corrected chi connectivity index (χ1v) is 6.50. The van der Waals surface area contributed by atoms with Gasteiger partial charge in [-0.1, -0.05) is 30.7 Å². The third-order valence-corrected chi connectivity index (χ3v) is 3.56. The zero-order valence-electron chi connectivity index (χ0n) is 11.0. The first-order chi connectivity index (χ1) is 8.54. The van der Waals surface area contributed by atoms with E-state index in [-0.39, 0.29) is 0 Å². The smallest absolute Gasteiger partial charge is 0.131 e. The minimum absolute atomic E-state index is 0.693. The molecule has 0 amide bonds. The summed E-state index contributed by atoms with van der Waals surface area (Å²) in [5.41, 5.74) is 8.97. The van der Waals surface area contributed by atoms with E-state index in [0.717, 1.165) is 40.5 Å². The fourth-order valence-corrected chi connectivity index (χ4v) is 2.14. The van der Waals surface area contributed by atoms with Gasteiger partial charge in [0.2, 0.25) is 0 Å². The van der Waals surface area contributed by atoms with Gasteiger partial charge in [-0.15, -0.1) is 0 Å². The van der Waals surface area contributed by atoms with Gasteiger partial charge in [0.05, 0.1) is 0 Å². The normalized spacial score (nSPS) is 10.9. The molecule has 0 aliphatic rings. The van der Waals surface area contributed by atoms with Gasteiger partial charge in [0.1, 0.15) is 17.3 Å². The number of rotatable bonds is 3. The largest absolute Gasteiger partial charge is 0.383 e. The topological polar surface area (TPSA) is 43.8 Å². The number of hydrogen-bond acceptors (Lipinski definition) is 2. The van der Waals surface area contributed by atoms with Crippen molar-refractivity contribution >= 4 is 17.4 Å². The SMILES string of the molecule is CCCc1nc(-c2ccc(C)c(Cl)c2)c(N)n1C. The Labute approximate surface area is 113 Å². The van der Waals surface area contributed by atoms with Crippen molar-refractivity contribution in [2.75, 3.05) is 5.73 Å². The number of hydrogen-bond donors (Lipinski definition) is 1. The fourth-order valence-electron chi connectivity index (χ4n) is 1.96. The molecule has 0 spiro atoms. The van der Waals surface area contributed by atoms with Crippen LogP contribution in [-0.4, -0.2) is 9.55 Å². The molecule has 0 radical (unpaired) electrons. The van der Waals surface area contributed by atoms with Gasteiger partial charge >= 0.3 is 0 Å². The second-order valence-electron chi connectivity index (χ2n) is 4.53. The van der Waals surface area contributed by atoms with E-state index in [1.165, 1.54) is 0 Å². The third-order valence-electron chi connectivity index (χ3n) is 3.15. The Kier molecular flexibility index (Phi) is 3.62. The molecule has 3 nitrogen and oxygen atoms in total. The van der Waals surface area contributed by atoms with Gasteiger partial charge in [-0.25, -0.2) is 4.98 Å². The van der Waals surface area contributed by atoms with Gasteiger partial charge in [0.15, 0.2) is 0 Å². The van der Waals surface area contributed by atoms with Crippen molar-refractivity contribution < 1.29 is 0 Å². The molecule has 0 saturated carbocycles. The van der Waals surface area contributed by atoms with Crippen LogP contribution in [0.2, 0.25) is 5.02 Å². The molecule has 2 aromatic rings. The summed E-state index contributed by atoms with van der Waals surface area (Å²) >= 11 is 6.15. The van der Waals surface area contributed by atoms with Crippen LogP contribution in [0.1, 0.15) is 24.7 Å². The lowest BCUT2D eigenvalue weighted by Crippen LogP contribution is -2.01. The van der Waals surface area contributed by atoms with E-state index in [1.54, 1.807) is 0 Å². The average Bonchev–Trinajstić information content (AvgIpc) is 2.62. The zero-order chi connectivity index (χ0) is 13.3. The van der Waals surface area contributed by atoms with E-state index in [9.17, 15) is 0 Å². The van der Waals surface area contributed by atoms with E-state index in [1.807, 2.05) is 36.7 Å². The van der Waals surface area contributed by atoms with E-state index >= 15 is 0 Å². The molecule has 4 heteroatoms. The fraction of sp³-hybridized carbons (Fsp3) is 0.357. The Morgan fingerprint density at radius 1 is 1.39 bits per heavy atom. The van der Waals surface area contributed by atoms with Gasteiger partial charge < -0.3 is 10.3 Å². The van der Waals surface area contributed by atoms with Crippen molar-refractivity contribution in [3.05, 3.63) is 34.6 Å². The molecule has 0 atom stereocenters. The van der Waals surface area contributed by atoms with Crippen LogP contribution in [0.15, 0.2) is 18.2 Å². The number of nitrogens with zero attached hydrogens (tertiary/aromatic N) is 2. The van der Waals surface area contributed by atoms with E-state index < -0.39 is 0 Å². The highest BCUT2D eigenvalue weighted by atomic mass is 35.5.